The Labute approximate surface area is 178 Å². The Morgan fingerprint density at radius 3 is 2.53 bits per heavy atom. The number of anilines is 1. The lowest BCUT2D eigenvalue weighted by Gasteiger charge is -2.13. The number of amides is 2. The monoisotopic (exact) mass is 426 g/mol. The van der Waals surface area contributed by atoms with Crippen molar-refractivity contribution in [2.75, 3.05) is 11.9 Å². The molecule has 2 aromatic carbocycles. The molecule has 30 heavy (non-hydrogen) atoms. The molecule has 1 aliphatic heterocycles. The predicted molar refractivity (Wildman–Crippen MR) is 118 cm³/mol. The van der Waals surface area contributed by atoms with Crippen molar-refractivity contribution in [2.24, 2.45) is 4.99 Å². The summed E-state index contributed by atoms with van der Waals surface area (Å²) in [5, 5.41) is 13.6. The van der Waals surface area contributed by atoms with E-state index in [1.165, 1.54) is 30.0 Å². The number of nitro benzene ring substituents is 1. The van der Waals surface area contributed by atoms with Crippen molar-refractivity contribution in [2.45, 2.75) is 32.4 Å². The van der Waals surface area contributed by atoms with Crippen LogP contribution in [0.25, 0.3) is 0 Å². The minimum absolute atomic E-state index is 0.0993. The quantitative estimate of drug-likeness (QED) is 0.551. The molecule has 1 fully saturated rings. The second kappa shape index (κ2) is 9.08. The largest absolute Gasteiger partial charge is 0.320 e. The number of hydrogen-bond acceptors (Lipinski definition) is 6. The first-order valence-corrected chi connectivity index (χ1v) is 10.3. The van der Waals surface area contributed by atoms with Gasteiger partial charge in [0.15, 0.2) is 5.17 Å². The standard InChI is InChI=1S/C21H22N4O4S/c1-4-24-20(27)18(30-21(24)22-15-10-13(2)9-14(3)11-15)12-19(26)23-16-7-5-6-8-17(16)25(28)29/h5-11,18H,4,12H2,1-3H3,(H,23,26). The molecule has 1 aliphatic rings. The molecule has 0 aromatic heterocycles. The van der Waals surface area contributed by atoms with Crippen molar-refractivity contribution in [1.82, 2.24) is 4.90 Å². The number of hydrogen-bond donors (Lipinski definition) is 1. The highest BCUT2D eigenvalue weighted by Crippen LogP contribution is 2.32. The molecular weight excluding hydrogens is 404 g/mol. The van der Waals surface area contributed by atoms with Crippen LogP contribution in [0, 0.1) is 24.0 Å². The summed E-state index contributed by atoms with van der Waals surface area (Å²) >= 11 is 1.24. The van der Waals surface area contributed by atoms with E-state index in [0.29, 0.717) is 11.7 Å². The van der Waals surface area contributed by atoms with Crippen molar-refractivity contribution in [3.63, 3.8) is 0 Å². The molecule has 0 spiro atoms. The van der Waals surface area contributed by atoms with Crippen LogP contribution in [0.5, 0.6) is 0 Å². The van der Waals surface area contributed by atoms with E-state index in [4.69, 9.17) is 0 Å². The normalized spacial score (nSPS) is 17.4. The van der Waals surface area contributed by atoms with Gasteiger partial charge in [-0.2, -0.15) is 0 Å². The molecule has 156 valence electrons. The van der Waals surface area contributed by atoms with Gasteiger partial charge in [-0.15, -0.1) is 0 Å². The smallest absolute Gasteiger partial charge is 0.292 e. The number of nitro groups is 1. The second-order valence-corrected chi connectivity index (χ2v) is 8.13. The van der Waals surface area contributed by atoms with Gasteiger partial charge in [0.25, 0.3) is 5.69 Å². The number of rotatable bonds is 6. The first-order chi connectivity index (χ1) is 14.3. The average molecular weight is 426 g/mol. The molecule has 0 aliphatic carbocycles. The van der Waals surface area contributed by atoms with Crippen LogP contribution < -0.4 is 5.32 Å². The van der Waals surface area contributed by atoms with Gasteiger partial charge in [-0.25, -0.2) is 4.99 Å². The van der Waals surface area contributed by atoms with Gasteiger partial charge in [-0.05, 0) is 50.1 Å². The Bertz CT molecular complexity index is 1020. The Morgan fingerprint density at radius 1 is 1.23 bits per heavy atom. The number of aliphatic imine (C=N–C) groups is 1. The van der Waals surface area contributed by atoms with E-state index in [9.17, 15) is 19.7 Å². The fraction of sp³-hybridized carbons (Fsp3) is 0.286. The predicted octanol–water partition coefficient (Wildman–Crippen LogP) is 4.19. The molecule has 3 rings (SSSR count). The molecule has 9 heteroatoms. The number of aryl methyl sites for hydroxylation is 2. The zero-order valence-electron chi connectivity index (χ0n) is 16.9. The molecule has 0 bridgehead atoms. The van der Waals surface area contributed by atoms with E-state index in [0.717, 1.165) is 16.8 Å². The van der Waals surface area contributed by atoms with Crippen LogP contribution in [0.15, 0.2) is 47.5 Å². The molecule has 2 amide bonds. The van der Waals surface area contributed by atoms with Crippen LogP contribution in [0.2, 0.25) is 0 Å². The summed E-state index contributed by atoms with van der Waals surface area (Å²) in [5.41, 5.74) is 2.83. The van der Waals surface area contributed by atoms with Gasteiger partial charge in [0, 0.05) is 19.0 Å². The first-order valence-electron chi connectivity index (χ1n) is 9.46. The average Bonchev–Trinajstić information content (AvgIpc) is 2.95. The molecule has 1 unspecified atom stereocenters. The van der Waals surface area contributed by atoms with E-state index in [1.54, 1.807) is 11.0 Å². The fourth-order valence-electron chi connectivity index (χ4n) is 3.25. The van der Waals surface area contributed by atoms with Crippen molar-refractivity contribution < 1.29 is 14.5 Å². The summed E-state index contributed by atoms with van der Waals surface area (Å²) < 4.78 is 0. The van der Waals surface area contributed by atoms with E-state index in [1.807, 2.05) is 39.0 Å². The number of amidine groups is 1. The highest BCUT2D eigenvalue weighted by atomic mass is 32.2. The summed E-state index contributed by atoms with van der Waals surface area (Å²) in [5.74, 6) is -0.651. The SMILES string of the molecule is CCN1C(=O)C(CC(=O)Nc2ccccc2[N+](=O)[O-])SC1=Nc1cc(C)cc(C)c1. The second-order valence-electron chi connectivity index (χ2n) is 6.96. The van der Waals surface area contributed by atoms with Gasteiger partial charge in [0.1, 0.15) is 10.9 Å². The van der Waals surface area contributed by atoms with Gasteiger partial charge < -0.3 is 5.32 Å². The summed E-state index contributed by atoms with van der Waals surface area (Å²) in [6.07, 6.45) is -0.0993. The minimum atomic E-state index is -0.627. The summed E-state index contributed by atoms with van der Waals surface area (Å²) in [6, 6.07) is 11.8. The van der Waals surface area contributed by atoms with Crippen molar-refractivity contribution in [3.05, 3.63) is 63.7 Å². The lowest BCUT2D eigenvalue weighted by molar-refractivity contribution is -0.383. The van der Waals surface area contributed by atoms with Gasteiger partial charge >= 0.3 is 0 Å². The first kappa shape index (κ1) is 21.5. The maximum Gasteiger partial charge on any atom is 0.292 e. The number of carbonyl (C=O) groups excluding carboxylic acids is 2. The van der Waals surface area contributed by atoms with Crippen LogP contribution in [0.4, 0.5) is 17.1 Å². The highest BCUT2D eigenvalue weighted by Gasteiger charge is 2.38. The minimum Gasteiger partial charge on any atom is -0.320 e. The molecule has 1 atom stereocenters. The number of carbonyl (C=O) groups is 2. The van der Waals surface area contributed by atoms with Crippen LogP contribution in [0.1, 0.15) is 24.5 Å². The van der Waals surface area contributed by atoms with Gasteiger partial charge in [0.2, 0.25) is 11.8 Å². The number of para-hydroxylation sites is 2. The topological polar surface area (TPSA) is 105 Å². The third-order valence-corrected chi connectivity index (χ3v) is 5.69. The molecule has 8 nitrogen and oxygen atoms in total. The third-order valence-electron chi connectivity index (χ3n) is 4.51. The fourth-order valence-corrected chi connectivity index (χ4v) is 4.47. The number of nitrogens with zero attached hydrogens (tertiary/aromatic N) is 3. The van der Waals surface area contributed by atoms with Crippen molar-refractivity contribution >= 4 is 45.8 Å². The number of benzene rings is 2. The Balaban J connectivity index is 1.76. The van der Waals surface area contributed by atoms with Gasteiger partial charge in [-0.1, -0.05) is 30.0 Å². The summed E-state index contributed by atoms with van der Waals surface area (Å²) in [6.45, 7) is 6.26. The molecular formula is C21H22N4O4S. The van der Waals surface area contributed by atoms with E-state index < -0.39 is 16.1 Å². The molecule has 1 heterocycles. The van der Waals surface area contributed by atoms with Crippen molar-refractivity contribution in [1.29, 1.82) is 0 Å². The summed E-state index contributed by atoms with van der Waals surface area (Å²) in [7, 11) is 0. The van der Waals surface area contributed by atoms with Gasteiger partial charge in [-0.3, -0.25) is 24.6 Å². The van der Waals surface area contributed by atoms with Crippen LogP contribution >= 0.6 is 11.8 Å². The van der Waals surface area contributed by atoms with Crippen LogP contribution in [-0.4, -0.2) is 38.6 Å². The van der Waals surface area contributed by atoms with Crippen LogP contribution in [0.3, 0.4) is 0 Å². The molecule has 0 saturated carbocycles. The number of nitrogens with one attached hydrogen (secondary N) is 1. The third kappa shape index (κ3) is 4.85. The molecule has 0 radical (unpaired) electrons. The maximum absolute atomic E-state index is 12.8. The van der Waals surface area contributed by atoms with E-state index in [-0.39, 0.29) is 23.7 Å². The zero-order valence-corrected chi connectivity index (χ0v) is 17.7. The number of thioether (sulfide) groups is 1. The Hall–Kier alpha value is -3.20. The van der Waals surface area contributed by atoms with E-state index in [2.05, 4.69) is 10.3 Å². The van der Waals surface area contributed by atoms with E-state index >= 15 is 0 Å². The lowest BCUT2D eigenvalue weighted by atomic mass is 10.1. The van der Waals surface area contributed by atoms with Crippen LogP contribution in [-0.2, 0) is 9.59 Å². The van der Waals surface area contributed by atoms with Crippen molar-refractivity contribution in [3.8, 4) is 0 Å². The maximum atomic E-state index is 12.8. The Morgan fingerprint density at radius 2 is 1.90 bits per heavy atom. The molecule has 1 N–H and O–H groups in total. The zero-order chi connectivity index (χ0) is 21.8. The molecule has 1 saturated heterocycles. The highest BCUT2D eigenvalue weighted by molar-refractivity contribution is 8.15. The van der Waals surface area contributed by atoms with Gasteiger partial charge in [0.05, 0.1) is 10.6 Å². The molecule has 2 aromatic rings. The summed E-state index contributed by atoms with van der Waals surface area (Å²) in [4.78, 5) is 42.0. The lowest BCUT2D eigenvalue weighted by Crippen LogP contribution is -2.33. The Kier molecular flexibility index (Phi) is 6.51.